The maximum atomic E-state index is 11.4. The molecule has 0 saturated heterocycles. The average Bonchev–Trinajstić information content (AvgIpc) is 2.39. The van der Waals surface area contributed by atoms with E-state index >= 15 is 0 Å². The predicted molar refractivity (Wildman–Crippen MR) is 65.4 cm³/mol. The van der Waals surface area contributed by atoms with E-state index in [1.165, 1.54) is 7.11 Å². The first kappa shape index (κ1) is 11.9. The Kier molecular flexibility index (Phi) is 3.61. The van der Waals surface area contributed by atoms with Crippen molar-refractivity contribution in [2.45, 2.75) is 31.6 Å². The lowest BCUT2D eigenvalue weighted by atomic mass is 9.80. The molecule has 1 fully saturated rings. The van der Waals surface area contributed by atoms with Crippen LogP contribution in [0, 0.1) is 5.92 Å². The van der Waals surface area contributed by atoms with Gasteiger partial charge < -0.3 is 10.5 Å². The number of nitrogens with two attached hydrogens (primary N) is 1. The summed E-state index contributed by atoms with van der Waals surface area (Å²) in [4.78, 5) is 15.8. The molecule has 0 aliphatic heterocycles. The maximum Gasteiger partial charge on any atom is 0.308 e. The van der Waals surface area contributed by atoms with Gasteiger partial charge in [-0.25, -0.2) is 0 Å². The zero-order valence-corrected chi connectivity index (χ0v) is 10.1. The Morgan fingerprint density at radius 1 is 1.35 bits per heavy atom. The topological polar surface area (TPSA) is 65.2 Å². The molecule has 1 saturated carbocycles. The highest BCUT2D eigenvalue weighted by Gasteiger charge is 2.27. The number of rotatable bonds is 2. The van der Waals surface area contributed by atoms with Gasteiger partial charge >= 0.3 is 5.97 Å². The summed E-state index contributed by atoms with van der Waals surface area (Å²) >= 11 is 0. The Hall–Kier alpha value is -1.58. The highest BCUT2D eigenvalue weighted by molar-refractivity contribution is 5.72. The van der Waals surface area contributed by atoms with Gasteiger partial charge in [-0.05, 0) is 37.8 Å². The van der Waals surface area contributed by atoms with Gasteiger partial charge in [0.05, 0.1) is 24.9 Å². The smallest absolute Gasteiger partial charge is 0.308 e. The van der Waals surface area contributed by atoms with Crippen molar-refractivity contribution >= 4 is 11.7 Å². The van der Waals surface area contributed by atoms with Crippen LogP contribution < -0.4 is 5.73 Å². The summed E-state index contributed by atoms with van der Waals surface area (Å²) in [7, 11) is 1.45. The lowest BCUT2D eigenvalue weighted by molar-refractivity contribution is -0.146. The number of nitrogen functional groups attached to an aromatic ring is 1. The van der Waals surface area contributed by atoms with Crippen LogP contribution in [-0.2, 0) is 9.53 Å². The molecule has 0 aromatic carbocycles. The molecule has 17 heavy (non-hydrogen) atoms. The highest BCUT2D eigenvalue weighted by Crippen LogP contribution is 2.35. The monoisotopic (exact) mass is 234 g/mol. The lowest BCUT2D eigenvalue weighted by Gasteiger charge is -2.26. The molecular formula is C13H18N2O2. The number of esters is 1. The van der Waals surface area contributed by atoms with Gasteiger partial charge in [-0.15, -0.1) is 0 Å². The molecule has 4 nitrogen and oxygen atoms in total. The normalized spacial score (nSPS) is 24.3. The molecule has 1 aromatic heterocycles. The summed E-state index contributed by atoms with van der Waals surface area (Å²) in [5.74, 6) is 0.454. The second-order valence-electron chi connectivity index (χ2n) is 4.59. The van der Waals surface area contributed by atoms with E-state index in [1.54, 1.807) is 6.20 Å². The van der Waals surface area contributed by atoms with E-state index in [9.17, 15) is 4.79 Å². The Labute approximate surface area is 101 Å². The molecule has 0 amide bonds. The summed E-state index contributed by atoms with van der Waals surface area (Å²) in [6.45, 7) is 0. The lowest BCUT2D eigenvalue weighted by Crippen LogP contribution is -2.22. The molecule has 1 aliphatic rings. The van der Waals surface area contributed by atoms with Gasteiger partial charge in [0, 0.05) is 11.6 Å². The van der Waals surface area contributed by atoms with Gasteiger partial charge in [0.15, 0.2) is 0 Å². The van der Waals surface area contributed by atoms with Crippen molar-refractivity contribution in [2.24, 2.45) is 5.92 Å². The van der Waals surface area contributed by atoms with Crippen molar-refractivity contribution < 1.29 is 9.53 Å². The summed E-state index contributed by atoms with van der Waals surface area (Å²) in [5, 5.41) is 0. The molecule has 1 heterocycles. The van der Waals surface area contributed by atoms with Crippen LogP contribution in [0.1, 0.15) is 37.3 Å². The van der Waals surface area contributed by atoms with Gasteiger partial charge in [0.2, 0.25) is 0 Å². The van der Waals surface area contributed by atoms with E-state index in [1.807, 2.05) is 12.1 Å². The number of hydrogen-bond donors (Lipinski definition) is 1. The molecule has 0 atom stereocenters. The molecule has 0 bridgehead atoms. The largest absolute Gasteiger partial charge is 0.469 e. The molecule has 4 heteroatoms. The first-order valence-electron chi connectivity index (χ1n) is 6.00. The van der Waals surface area contributed by atoms with Crippen molar-refractivity contribution in [3.05, 3.63) is 24.0 Å². The van der Waals surface area contributed by atoms with Crippen LogP contribution in [0.2, 0.25) is 0 Å². The standard InChI is InChI=1S/C13H18N2O2/c1-17-13(16)10-4-2-9(3-5-10)12-7-6-11(14)8-15-12/h6-10H,2-5,14H2,1H3. The molecule has 0 spiro atoms. The molecular weight excluding hydrogens is 216 g/mol. The van der Waals surface area contributed by atoms with E-state index in [2.05, 4.69) is 4.98 Å². The number of anilines is 1. The minimum absolute atomic E-state index is 0.0741. The number of nitrogens with zero attached hydrogens (tertiary/aromatic N) is 1. The number of pyridine rings is 1. The van der Waals surface area contributed by atoms with Crippen molar-refractivity contribution in [1.82, 2.24) is 4.98 Å². The number of methoxy groups -OCH3 is 1. The number of hydrogen-bond acceptors (Lipinski definition) is 4. The van der Waals surface area contributed by atoms with Gasteiger partial charge in [0.1, 0.15) is 0 Å². The third-order valence-electron chi connectivity index (χ3n) is 3.49. The fourth-order valence-electron chi connectivity index (χ4n) is 2.45. The highest BCUT2D eigenvalue weighted by atomic mass is 16.5. The SMILES string of the molecule is COC(=O)C1CCC(c2ccc(N)cn2)CC1. The van der Waals surface area contributed by atoms with Crippen LogP contribution in [0.3, 0.4) is 0 Å². The molecule has 2 rings (SSSR count). The van der Waals surface area contributed by atoms with Crippen molar-refractivity contribution in [3.63, 3.8) is 0 Å². The molecule has 0 radical (unpaired) electrons. The molecule has 1 aromatic rings. The second-order valence-corrected chi connectivity index (χ2v) is 4.59. The summed E-state index contributed by atoms with van der Waals surface area (Å²) in [5.41, 5.74) is 7.39. The number of carbonyl (C=O) groups is 1. The van der Waals surface area contributed by atoms with Gasteiger partial charge in [0.25, 0.3) is 0 Å². The van der Waals surface area contributed by atoms with E-state index in [0.29, 0.717) is 11.6 Å². The van der Waals surface area contributed by atoms with Crippen LogP contribution in [-0.4, -0.2) is 18.1 Å². The van der Waals surface area contributed by atoms with Gasteiger partial charge in [-0.1, -0.05) is 0 Å². The third kappa shape index (κ3) is 2.75. The summed E-state index contributed by atoms with van der Waals surface area (Å²) in [6, 6.07) is 3.87. The number of ether oxygens (including phenoxy) is 1. The number of carbonyl (C=O) groups excluding carboxylic acids is 1. The predicted octanol–water partition coefficient (Wildman–Crippen LogP) is 2.11. The Morgan fingerprint density at radius 2 is 2.06 bits per heavy atom. The van der Waals surface area contributed by atoms with E-state index in [0.717, 1.165) is 31.4 Å². The molecule has 1 aliphatic carbocycles. The Morgan fingerprint density at radius 3 is 2.59 bits per heavy atom. The molecule has 2 N–H and O–H groups in total. The zero-order chi connectivity index (χ0) is 12.3. The third-order valence-corrected chi connectivity index (χ3v) is 3.49. The molecule has 92 valence electrons. The van der Waals surface area contributed by atoms with Crippen LogP contribution in [0.15, 0.2) is 18.3 Å². The maximum absolute atomic E-state index is 11.4. The van der Waals surface area contributed by atoms with Crippen molar-refractivity contribution in [3.8, 4) is 0 Å². The number of aromatic nitrogens is 1. The van der Waals surface area contributed by atoms with E-state index < -0.39 is 0 Å². The fraction of sp³-hybridized carbons (Fsp3) is 0.538. The minimum Gasteiger partial charge on any atom is -0.469 e. The Bertz CT molecular complexity index is 381. The quantitative estimate of drug-likeness (QED) is 0.796. The summed E-state index contributed by atoms with van der Waals surface area (Å²) in [6.07, 6.45) is 5.47. The Balaban J connectivity index is 1.95. The van der Waals surface area contributed by atoms with Crippen molar-refractivity contribution in [2.75, 3.05) is 12.8 Å². The van der Waals surface area contributed by atoms with Gasteiger partial charge in [-0.2, -0.15) is 0 Å². The summed E-state index contributed by atoms with van der Waals surface area (Å²) < 4.78 is 4.78. The van der Waals surface area contributed by atoms with Crippen molar-refractivity contribution in [1.29, 1.82) is 0 Å². The minimum atomic E-state index is -0.0753. The average molecular weight is 234 g/mol. The first-order valence-corrected chi connectivity index (χ1v) is 6.00. The fourth-order valence-corrected chi connectivity index (χ4v) is 2.45. The second kappa shape index (κ2) is 5.17. The first-order chi connectivity index (χ1) is 8.20. The van der Waals surface area contributed by atoms with E-state index in [4.69, 9.17) is 10.5 Å². The van der Waals surface area contributed by atoms with Crippen LogP contribution >= 0.6 is 0 Å². The van der Waals surface area contributed by atoms with Crippen LogP contribution in [0.25, 0.3) is 0 Å². The van der Waals surface area contributed by atoms with Crippen LogP contribution in [0.5, 0.6) is 0 Å². The zero-order valence-electron chi connectivity index (χ0n) is 10.1. The van der Waals surface area contributed by atoms with E-state index in [-0.39, 0.29) is 11.9 Å². The van der Waals surface area contributed by atoms with Gasteiger partial charge in [-0.3, -0.25) is 9.78 Å². The molecule has 0 unspecified atom stereocenters. The van der Waals surface area contributed by atoms with Crippen LogP contribution in [0.4, 0.5) is 5.69 Å².